The van der Waals surface area contributed by atoms with Gasteiger partial charge in [-0.1, -0.05) is 141 Å². The molecule has 0 aliphatic carbocycles. The number of allylic oxidation sites excluding steroid dienone is 1. The van der Waals surface area contributed by atoms with Gasteiger partial charge in [0.15, 0.2) is 5.60 Å². The molecule has 0 saturated carbocycles. The average molecular weight is 1070 g/mol. The first-order chi connectivity index (χ1) is 38.7. The number of nitrogens with one attached hydrogen (secondary N) is 3. The van der Waals surface area contributed by atoms with Crippen molar-refractivity contribution in [3.05, 3.63) is 201 Å². The Balaban J connectivity index is 1.19. The average Bonchev–Trinajstić information content (AvgIpc) is 4.54. The van der Waals surface area contributed by atoms with Gasteiger partial charge in [0.25, 0.3) is 5.91 Å². The molecule has 11 nitrogen and oxygen atoms in total. The SMILES string of the molecule is CCCCCCOc1ccc(C(=O)c2ccc(C(O)(c3ccc(OCCCCCC)cc3)c3ccc(/C(c4ccc(OCCCCCC)cc4)=c4\cc/c(=C(\C5=NC(=O)C=C5)c5ccc(OCCCCCC)cc5)[nH]4)[nH]3)[nH]2)cc1. The molecule has 0 spiro atoms. The van der Waals surface area contributed by atoms with E-state index in [4.69, 9.17) is 18.9 Å². The summed E-state index contributed by atoms with van der Waals surface area (Å²) in [6, 6.07) is 42.2. The molecule has 1 aliphatic rings. The van der Waals surface area contributed by atoms with E-state index < -0.39 is 5.60 Å². The van der Waals surface area contributed by atoms with Gasteiger partial charge in [0.1, 0.15) is 23.0 Å². The van der Waals surface area contributed by atoms with Crippen LogP contribution in [0.15, 0.2) is 151 Å². The Hall–Kier alpha value is -7.63. The van der Waals surface area contributed by atoms with Crippen LogP contribution in [0.4, 0.5) is 0 Å². The van der Waals surface area contributed by atoms with Gasteiger partial charge in [0.2, 0.25) is 5.78 Å². The van der Waals surface area contributed by atoms with E-state index in [-0.39, 0.29) is 11.7 Å². The lowest BCUT2D eigenvalue weighted by Gasteiger charge is -2.27. The maximum absolute atomic E-state index is 14.1. The highest BCUT2D eigenvalue weighted by Gasteiger charge is 2.38. The van der Waals surface area contributed by atoms with Crippen molar-refractivity contribution in [3.8, 4) is 23.0 Å². The molecule has 0 saturated heterocycles. The predicted octanol–water partition coefficient (Wildman–Crippen LogP) is 14.0. The van der Waals surface area contributed by atoms with E-state index in [0.717, 1.165) is 127 Å². The predicted molar refractivity (Wildman–Crippen MR) is 317 cm³/mol. The van der Waals surface area contributed by atoms with Crippen LogP contribution in [-0.2, 0) is 10.4 Å². The van der Waals surface area contributed by atoms with Crippen molar-refractivity contribution in [2.75, 3.05) is 26.4 Å². The number of aliphatic hydroxyl groups is 1. The Bertz CT molecular complexity index is 3210. The Morgan fingerprint density at radius 3 is 1.25 bits per heavy atom. The summed E-state index contributed by atoms with van der Waals surface area (Å²) in [5.41, 5.74) is 5.09. The fourth-order valence-electron chi connectivity index (χ4n) is 9.98. The van der Waals surface area contributed by atoms with E-state index in [2.05, 4.69) is 47.6 Å². The number of hydrogen-bond donors (Lipinski definition) is 4. The molecule has 4 aromatic carbocycles. The van der Waals surface area contributed by atoms with Crippen LogP contribution in [-0.4, -0.2) is 63.9 Å². The van der Waals surface area contributed by atoms with E-state index in [1.807, 2.05) is 109 Å². The lowest BCUT2D eigenvalue weighted by molar-refractivity contribution is -0.113. The summed E-state index contributed by atoms with van der Waals surface area (Å²) in [6.07, 6.45) is 21.0. The number of aliphatic imine (C=N–C) groups is 1. The van der Waals surface area contributed by atoms with Gasteiger partial charge in [0.05, 0.1) is 49.2 Å². The highest BCUT2D eigenvalue weighted by molar-refractivity contribution is 6.34. The molecule has 1 amide bonds. The third kappa shape index (κ3) is 15.4. The van der Waals surface area contributed by atoms with Crippen molar-refractivity contribution >= 4 is 28.5 Å². The summed E-state index contributed by atoms with van der Waals surface area (Å²) in [4.78, 5) is 41.9. The number of benzene rings is 4. The molecule has 4 heterocycles. The van der Waals surface area contributed by atoms with Crippen LogP contribution in [0.1, 0.15) is 180 Å². The number of ether oxygens (including phenoxy) is 4. The lowest BCUT2D eigenvalue weighted by Crippen LogP contribution is -2.30. The van der Waals surface area contributed by atoms with Crippen LogP contribution in [0, 0.1) is 0 Å². The number of H-pyrrole nitrogens is 3. The number of aromatic amines is 3. The van der Waals surface area contributed by atoms with Crippen molar-refractivity contribution in [1.82, 2.24) is 15.0 Å². The van der Waals surface area contributed by atoms with Gasteiger partial charge in [-0.05, 0) is 146 Å². The molecule has 414 valence electrons. The van der Waals surface area contributed by atoms with Gasteiger partial charge in [-0.25, -0.2) is 4.99 Å². The number of aromatic nitrogens is 3. The number of rotatable bonds is 33. The van der Waals surface area contributed by atoms with Gasteiger partial charge in [-0.2, -0.15) is 0 Å². The maximum atomic E-state index is 14.1. The summed E-state index contributed by atoms with van der Waals surface area (Å²) in [6.45, 7) is 11.3. The Morgan fingerprint density at radius 1 is 0.430 bits per heavy atom. The molecule has 0 fully saturated rings. The van der Waals surface area contributed by atoms with E-state index in [0.29, 0.717) is 71.8 Å². The topological polar surface area (TPSA) is 151 Å². The van der Waals surface area contributed by atoms with E-state index in [1.165, 1.54) is 31.8 Å². The fourth-order valence-corrected chi connectivity index (χ4v) is 9.98. The third-order valence-electron chi connectivity index (χ3n) is 14.5. The summed E-state index contributed by atoms with van der Waals surface area (Å²) < 4.78 is 24.4. The van der Waals surface area contributed by atoms with Crippen molar-refractivity contribution in [1.29, 1.82) is 0 Å². The van der Waals surface area contributed by atoms with E-state index >= 15 is 0 Å². The number of carbonyl (C=O) groups is 2. The zero-order valence-corrected chi connectivity index (χ0v) is 46.8. The second-order valence-corrected chi connectivity index (χ2v) is 20.5. The minimum atomic E-state index is -1.79. The van der Waals surface area contributed by atoms with Crippen LogP contribution < -0.4 is 29.6 Å². The number of unbranched alkanes of at least 4 members (excludes halogenated alkanes) is 12. The first kappa shape index (κ1) is 57.5. The first-order valence-electron chi connectivity index (χ1n) is 29.1. The molecular weight excluding hydrogens is 985 g/mol. The Kier molecular flexibility index (Phi) is 21.4. The molecule has 11 heteroatoms. The molecule has 0 bridgehead atoms. The summed E-state index contributed by atoms with van der Waals surface area (Å²) in [5.74, 6) is 2.47. The molecule has 1 aliphatic heterocycles. The van der Waals surface area contributed by atoms with Crippen LogP contribution in [0.25, 0.3) is 11.1 Å². The summed E-state index contributed by atoms with van der Waals surface area (Å²) >= 11 is 0. The van der Waals surface area contributed by atoms with Gasteiger partial charge >= 0.3 is 0 Å². The Labute approximate surface area is 466 Å². The zero-order valence-electron chi connectivity index (χ0n) is 46.8. The summed E-state index contributed by atoms with van der Waals surface area (Å²) in [5, 5.41) is 15.0. The van der Waals surface area contributed by atoms with Crippen molar-refractivity contribution < 1.29 is 33.6 Å². The lowest BCUT2D eigenvalue weighted by atomic mass is 9.87. The highest BCUT2D eigenvalue weighted by atomic mass is 16.5. The zero-order chi connectivity index (χ0) is 55.2. The number of hydrogen-bond acceptors (Lipinski definition) is 7. The smallest absolute Gasteiger partial charge is 0.270 e. The van der Waals surface area contributed by atoms with Gasteiger partial charge < -0.3 is 39.0 Å². The summed E-state index contributed by atoms with van der Waals surface area (Å²) in [7, 11) is 0. The molecule has 8 rings (SSSR count). The Morgan fingerprint density at radius 2 is 0.823 bits per heavy atom. The normalized spacial score (nSPS) is 13.7. The molecule has 79 heavy (non-hydrogen) atoms. The van der Waals surface area contributed by atoms with Crippen LogP contribution in [0.3, 0.4) is 0 Å². The molecule has 1 atom stereocenters. The molecule has 7 aromatic rings. The second-order valence-electron chi connectivity index (χ2n) is 20.5. The van der Waals surface area contributed by atoms with Crippen molar-refractivity contribution in [2.45, 2.75) is 136 Å². The minimum Gasteiger partial charge on any atom is -0.494 e. The third-order valence-corrected chi connectivity index (χ3v) is 14.5. The standard InChI is InChI=1S/C68H80N4O7/c1-5-9-13-17-45-76-53-29-21-49(22-30-53)65(57-37-38-58(69-57)66(60-41-44-64(73)72-60)50-23-31-54(32-24-50)77-46-18-14-10-6-2)59-39-42-62(70-59)68(75,52-27-35-56(36-28-52)79-48-20-16-12-8-4)63-43-40-61(71-63)67(74)51-25-33-55(34-26-51)78-47-19-15-11-7-3/h21-44,69-71,75H,5-20,45-48H2,1-4H3/b65-57+,66-58+. The molecule has 4 N–H and O–H groups in total. The highest BCUT2D eigenvalue weighted by Crippen LogP contribution is 2.38. The molecular formula is C68H80N4O7. The van der Waals surface area contributed by atoms with Crippen LogP contribution in [0.5, 0.6) is 23.0 Å². The molecule has 1 unspecified atom stereocenters. The van der Waals surface area contributed by atoms with Crippen molar-refractivity contribution in [2.24, 2.45) is 4.99 Å². The van der Waals surface area contributed by atoms with E-state index in [9.17, 15) is 14.7 Å². The van der Waals surface area contributed by atoms with Crippen LogP contribution >= 0.6 is 0 Å². The van der Waals surface area contributed by atoms with E-state index in [1.54, 1.807) is 30.3 Å². The second kappa shape index (κ2) is 29.4. The quantitative estimate of drug-likeness (QED) is 0.0236. The number of carbonyl (C=O) groups excluding carboxylic acids is 2. The minimum absolute atomic E-state index is 0.213. The van der Waals surface area contributed by atoms with Gasteiger partial charge in [0, 0.05) is 39.2 Å². The fraction of sp³-hybridized carbons (Fsp3) is 0.368. The largest absolute Gasteiger partial charge is 0.494 e. The number of ketones is 1. The number of amides is 1. The van der Waals surface area contributed by atoms with Crippen LogP contribution in [0.2, 0.25) is 0 Å². The monoisotopic (exact) mass is 1060 g/mol. The van der Waals surface area contributed by atoms with Gasteiger partial charge in [-0.15, -0.1) is 0 Å². The maximum Gasteiger partial charge on any atom is 0.270 e. The van der Waals surface area contributed by atoms with Gasteiger partial charge in [-0.3, -0.25) is 9.59 Å². The number of nitrogens with zero attached hydrogens (tertiary/aromatic N) is 1. The van der Waals surface area contributed by atoms with Crippen molar-refractivity contribution in [3.63, 3.8) is 0 Å². The molecule has 3 aromatic heterocycles. The molecule has 0 radical (unpaired) electrons. The first-order valence-corrected chi connectivity index (χ1v) is 29.1.